The van der Waals surface area contributed by atoms with E-state index in [9.17, 15) is 4.79 Å². The number of hydrogen-bond donors (Lipinski definition) is 0. The summed E-state index contributed by atoms with van der Waals surface area (Å²) < 4.78 is 2.88. The quantitative estimate of drug-likeness (QED) is 0.354. The molecule has 1 heterocycles. The van der Waals surface area contributed by atoms with Crippen molar-refractivity contribution in [2.24, 2.45) is 0 Å². The maximum atomic E-state index is 12.2. The lowest BCUT2D eigenvalue weighted by Gasteiger charge is -1.99. The summed E-state index contributed by atoms with van der Waals surface area (Å²) in [4.78, 5) is 12.2. The minimum absolute atomic E-state index is 0. The number of nitrogens with zero attached hydrogens (tertiary/aromatic N) is 1. The number of benzene rings is 2. The zero-order chi connectivity index (χ0) is 16.8. The topological polar surface area (TPSA) is 20.9 Å². The molecule has 0 atom stereocenters. The standard InChI is InChI=1S/C21H17BrNO.ClH/c22-20-10-8-19(9-11-20)21(24)12-14-23-13-4-7-18(16-23)15-17-5-2-1-3-6-17;/h1-14,16H,15H2;1H/q+1;/p-1. The molecule has 0 aliphatic rings. The largest absolute Gasteiger partial charge is 1.00 e. The van der Waals surface area contributed by atoms with E-state index >= 15 is 0 Å². The van der Waals surface area contributed by atoms with E-state index in [1.165, 1.54) is 11.1 Å². The van der Waals surface area contributed by atoms with Crippen LogP contribution < -0.4 is 17.0 Å². The number of ketones is 1. The lowest BCUT2D eigenvalue weighted by Crippen LogP contribution is -3.00. The molecule has 0 bridgehead atoms. The molecule has 0 aliphatic carbocycles. The van der Waals surface area contributed by atoms with Crippen LogP contribution >= 0.6 is 15.9 Å². The van der Waals surface area contributed by atoms with Crippen LogP contribution in [0.3, 0.4) is 0 Å². The van der Waals surface area contributed by atoms with Gasteiger partial charge >= 0.3 is 0 Å². The van der Waals surface area contributed by atoms with E-state index in [1.54, 1.807) is 12.3 Å². The summed E-state index contributed by atoms with van der Waals surface area (Å²) in [5, 5.41) is 0. The summed E-state index contributed by atoms with van der Waals surface area (Å²) in [6.45, 7) is 0. The molecule has 25 heavy (non-hydrogen) atoms. The molecule has 0 fully saturated rings. The molecule has 1 aromatic heterocycles. The lowest BCUT2D eigenvalue weighted by atomic mass is 10.1. The van der Waals surface area contributed by atoms with Crippen LogP contribution in [0.1, 0.15) is 21.5 Å². The highest BCUT2D eigenvalue weighted by Crippen LogP contribution is 2.11. The molecule has 3 aromatic rings. The minimum Gasteiger partial charge on any atom is -1.00 e. The summed E-state index contributed by atoms with van der Waals surface area (Å²) in [6.07, 6.45) is 8.23. The number of carbonyl (C=O) groups excluding carboxylic acids is 1. The van der Waals surface area contributed by atoms with Crippen molar-refractivity contribution in [3.63, 3.8) is 0 Å². The molecule has 0 amide bonds. The fraction of sp³-hybridized carbons (Fsp3) is 0.0476. The zero-order valence-corrected chi connectivity index (χ0v) is 15.8. The minimum atomic E-state index is -0.0107. The van der Waals surface area contributed by atoms with Gasteiger partial charge in [-0.3, -0.25) is 4.79 Å². The molecule has 0 unspecified atom stereocenters. The summed E-state index contributed by atoms with van der Waals surface area (Å²) in [6, 6.07) is 21.8. The van der Waals surface area contributed by atoms with E-state index in [0.29, 0.717) is 5.56 Å². The molecular weight excluding hydrogens is 398 g/mol. The Morgan fingerprint density at radius 1 is 0.920 bits per heavy atom. The fourth-order valence-electron chi connectivity index (χ4n) is 2.44. The summed E-state index contributed by atoms with van der Waals surface area (Å²) >= 11 is 3.37. The van der Waals surface area contributed by atoms with Crippen LogP contribution in [0, 0.1) is 0 Å². The van der Waals surface area contributed by atoms with Crippen molar-refractivity contribution in [3.05, 3.63) is 106 Å². The number of pyridine rings is 1. The van der Waals surface area contributed by atoms with Gasteiger partial charge in [0, 0.05) is 28.1 Å². The third-order valence-corrected chi connectivity index (χ3v) is 4.19. The van der Waals surface area contributed by atoms with Gasteiger partial charge in [-0.15, -0.1) is 0 Å². The average Bonchev–Trinajstić information content (AvgIpc) is 2.61. The van der Waals surface area contributed by atoms with Crippen LogP contribution in [0.25, 0.3) is 6.20 Å². The Bertz CT molecular complexity index is 861. The third kappa shape index (κ3) is 5.66. The molecule has 3 rings (SSSR count). The first-order valence-corrected chi connectivity index (χ1v) is 8.52. The Kier molecular flexibility index (Phi) is 7.11. The highest BCUT2D eigenvalue weighted by Gasteiger charge is 2.05. The van der Waals surface area contributed by atoms with E-state index in [1.807, 2.05) is 65.5 Å². The van der Waals surface area contributed by atoms with Crippen molar-refractivity contribution in [2.45, 2.75) is 6.42 Å². The Morgan fingerprint density at radius 2 is 1.60 bits per heavy atom. The average molecular weight is 415 g/mol. The fourth-order valence-corrected chi connectivity index (χ4v) is 2.70. The van der Waals surface area contributed by atoms with E-state index < -0.39 is 0 Å². The van der Waals surface area contributed by atoms with E-state index in [0.717, 1.165) is 10.9 Å². The monoisotopic (exact) mass is 413 g/mol. The van der Waals surface area contributed by atoms with Gasteiger partial charge < -0.3 is 12.4 Å². The van der Waals surface area contributed by atoms with Crippen molar-refractivity contribution in [2.75, 3.05) is 0 Å². The van der Waals surface area contributed by atoms with Gasteiger partial charge in [0.1, 0.15) is 0 Å². The molecule has 126 valence electrons. The number of halogens is 2. The first-order valence-electron chi connectivity index (χ1n) is 7.72. The van der Waals surface area contributed by atoms with Gasteiger partial charge in [0.15, 0.2) is 24.4 Å². The molecule has 0 N–H and O–H groups in total. The number of allylic oxidation sites excluding steroid dienone is 1. The molecule has 0 saturated heterocycles. The normalized spacial score (nSPS) is 10.4. The number of rotatable bonds is 5. The Hall–Kier alpha value is -2.23. The molecule has 0 saturated carbocycles. The van der Waals surface area contributed by atoms with Crippen molar-refractivity contribution < 1.29 is 21.8 Å². The van der Waals surface area contributed by atoms with Gasteiger partial charge in [-0.1, -0.05) is 46.3 Å². The van der Waals surface area contributed by atoms with Gasteiger partial charge in [-0.25, -0.2) is 0 Å². The second-order valence-electron chi connectivity index (χ2n) is 5.51. The van der Waals surface area contributed by atoms with E-state index in [-0.39, 0.29) is 18.2 Å². The van der Waals surface area contributed by atoms with Crippen molar-refractivity contribution in [1.29, 1.82) is 0 Å². The smallest absolute Gasteiger partial charge is 0.191 e. The van der Waals surface area contributed by atoms with Gasteiger partial charge in [-0.05, 0) is 35.9 Å². The van der Waals surface area contributed by atoms with Crippen molar-refractivity contribution in [3.8, 4) is 0 Å². The Morgan fingerprint density at radius 3 is 2.32 bits per heavy atom. The number of carbonyl (C=O) groups is 1. The predicted molar refractivity (Wildman–Crippen MR) is 99.7 cm³/mol. The molecule has 2 nitrogen and oxygen atoms in total. The molecule has 2 aromatic carbocycles. The van der Waals surface area contributed by atoms with Crippen LogP contribution in [-0.4, -0.2) is 5.78 Å². The Balaban J connectivity index is 0.00000225. The summed E-state index contributed by atoms with van der Waals surface area (Å²) in [5.41, 5.74) is 3.14. The molecule has 0 aliphatic heterocycles. The van der Waals surface area contributed by atoms with Gasteiger partial charge in [0.05, 0.1) is 6.08 Å². The number of aromatic nitrogens is 1. The zero-order valence-electron chi connectivity index (χ0n) is 13.5. The lowest BCUT2D eigenvalue weighted by molar-refractivity contribution is -0.568. The third-order valence-electron chi connectivity index (χ3n) is 3.66. The van der Waals surface area contributed by atoms with Crippen LogP contribution in [0.15, 0.2) is 89.7 Å². The van der Waals surface area contributed by atoms with Crippen molar-refractivity contribution >= 4 is 27.9 Å². The SMILES string of the molecule is O=C(C=C[n+]1cccc(Cc2ccccc2)c1)c1ccc(Br)cc1.[Cl-]. The summed E-state index contributed by atoms with van der Waals surface area (Å²) in [5.74, 6) is -0.0107. The van der Waals surface area contributed by atoms with Crippen LogP contribution in [0.5, 0.6) is 0 Å². The maximum absolute atomic E-state index is 12.2. The molecular formula is C21H17BrClNO. The maximum Gasteiger partial charge on any atom is 0.191 e. The van der Waals surface area contributed by atoms with Gasteiger partial charge in [-0.2, -0.15) is 4.57 Å². The van der Waals surface area contributed by atoms with Crippen LogP contribution in [0.2, 0.25) is 0 Å². The van der Waals surface area contributed by atoms with Gasteiger partial charge in [0.25, 0.3) is 0 Å². The second-order valence-corrected chi connectivity index (χ2v) is 6.42. The highest BCUT2D eigenvalue weighted by molar-refractivity contribution is 9.10. The van der Waals surface area contributed by atoms with E-state index in [2.05, 4.69) is 34.1 Å². The summed E-state index contributed by atoms with van der Waals surface area (Å²) in [7, 11) is 0. The van der Waals surface area contributed by atoms with Gasteiger partial charge in [0.2, 0.25) is 0 Å². The Labute approximate surface area is 162 Å². The molecule has 0 radical (unpaired) electrons. The van der Waals surface area contributed by atoms with Crippen LogP contribution in [0.4, 0.5) is 0 Å². The molecule has 0 spiro atoms. The van der Waals surface area contributed by atoms with E-state index in [4.69, 9.17) is 0 Å². The number of hydrogen-bond acceptors (Lipinski definition) is 1. The predicted octanol–water partition coefficient (Wildman–Crippen LogP) is 1.69. The highest BCUT2D eigenvalue weighted by atomic mass is 79.9. The molecule has 4 heteroatoms. The second kappa shape index (κ2) is 9.30. The first kappa shape index (κ1) is 19.1. The van der Waals surface area contributed by atoms with Crippen LogP contribution in [-0.2, 0) is 6.42 Å². The first-order chi connectivity index (χ1) is 11.7. The van der Waals surface area contributed by atoms with Crippen molar-refractivity contribution in [1.82, 2.24) is 0 Å².